The summed E-state index contributed by atoms with van der Waals surface area (Å²) in [5.74, 6) is -5.73. The van der Waals surface area contributed by atoms with E-state index in [-0.39, 0.29) is 25.3 Å². The lowest BCUT2D eigenvalue weighted by Gasteiger charge is -2.27. The summed E-state index contributed by atoms with van der Waals surface area (Å²) in [7, 11) is 0. The molecule has 0 saturated carbocycles. The van der Waals surface area contributed by atoms with E-state index in [2.05, 4.69) is 20.9 Å². The number of aliphatic hydroxyl groups is 1. The molecule has 0 fully saturated rings. The Morgan fingerprint density at radius 1 is 0.857 bits per heavy atom. The van der Waals surface area contributed by atoms with Crippen LogP contribution in [0, 0.1) is 5.92 Å². The Morgan fingerprint density at radius 3 is 1.89 bits per heavy atom. The van der Waals surface area contributed by atoms with Crippen LogP contribution in [0.4, 0.5) is 0 Å². The van der Waals surface area contributed by atoms with E-state index >= 15 is 0 Å². The average molecular weight is 504 g/mol. The van der Waals surface area contributed by atoms with Crippen LogP contribution < -0.4 is 33.2 Å². The Kier molecular flexibility index (Phi) is 13.9. The second-order valence-electron chi connectivity index (χ2n) is 8.34. The fourth-order valence-electron chi connectivity index (χ4n) is 2.89. The van der Waals surface area contributed by atoms with Gasteiger partial charge in [0, 0.05) is 13.0 Å². The second kappa shape index (κ2) is 15.4. The van der Waals surface area contributed by atoms with E-state index in [0.717, 1.165) is 6.92 Å². The molecule has 0 saturated heterocycles. The van der Waals surface area contributed by atoms with Crippen LogP contribution in [0.3, 0.4) is 0 Å². The number of nitrogens with zero attached hydrogens (tertiary/aromatic N) is 1. The molecule has 0 aliphatic rings. The van der Waals surface area contributed by atoms with Gasteiger partial charge < -0.3 is 48.5 Å². The van der Waals surface area contributed by atoms with Crippen molar-refractivity contribution in [1.82, 2.24) is 16.0 Å². The van der Waals surface area contributed by atoms with Gasteiger partial charge in [0.2, 0.25) is 17.7 Å². The van der Waals surface area contributed by atoms with Crippen molar-refractivity contribution in [3.05, 3.63) is 0 Å². The number of aliphatic hydroxyl groups excluding tert-OH is 1. The topological polar surface area (TPSA) is 273 Å². The van der Waals surface area contributed by atoms with Gasteiger partial charge in [-0.15, -0.1) is 0 Å². The van der Waals surface area contributed by atoms with E-state index in [1.165, 1.54) is 0 Å². The molecule has 0 aliphatic carbocycles. The number of carboxylic acids is 2. The zero-order valence-electron chi connectivity index (χ0n) is 20.1. The third kappa shape index (κ3) is 12.5. The van der Waals surface area contributed by atoms with Gasteiger partial charge in [0.25, 0.3) is 0 Å². The van der Waals surface area contributed by atoms with E-state index < -0.39 is 72.3 Å². The minimum atomic E-state index is -1.68. The molecule has 5 unspecified atom stereocenters. The maximum atomic E-state index is 12.9. The van der Waals surface area contributed by atoms with E-state index in [1.54, 1.807) is 13.8 Å². The van der Waals surface area contributed by atoms with Crippen LogP contribution in [0.1, 0.15) is 46.5 Å². The molecule has 15 nitrogen and oxygen atoms in total. The third-order valence-corrected chi connectivity index (χ3v) is 4.88. The number of carboxylic acid groups (broad SMARTS) is 2. The summed E-state index contributed by atoms with van der Waals surface area (Å²) in [6.07, 6.45) is -1.68. The molecule has 0 bridgehead atoms. The van der Waals surface area contributed by atoms with Crippen LogP contribution in [-0.2, 0) is 24.0 Å². The van der Waals surface area contributed by atoms with Gasteiger partial charge in [-0.3, -0.25) is 24.2 Å². The number of nitrogens with one attached hydrogen (secondary N) is 3. The molecule has 200 valence electrons. The van der Waals surface area contributed by atoms with Gasteiger partial charge in [-0.25, -0.2) is 4.79 Å². The fourth-order valence-corrected chi connectivity index (χ4v) is 2.89. The van der Waals surface area contributed by atoms with Gasteiger partial charge in [0.1, 0.15) is 12.1 Å². The molecule has 12 N–H and O–H groups in total. The quantitative estimate of drug-likeness (QED) is 0.0574. The van der Waals surface area contributed by atoms with Crippen molar-refractivity contribution in [2.24, 2.45) is 28.1 Å². The van der Waals surface area contributed by atoms with E-state index in [0.29, 0.717) is 6.42 Å². The van der Waals surface area contributed by atoms with Gasteiger partial charge >= 0.3 is 11.9 Å². The zero-order chi connectivity index (χ0) is 27.3. The zero-order valence-corrected chi connectivity index (χ0v) is 20.1. The lowest BCUT2D eigenvalue weighted by atomic mass is 10.0. The van der Waals surface area contributed by atoms with Crippen LogP contribution in [0.5, 0.6) is 0 Å². The highest BCUT2D eigenvalue weighted by molar-refractivity contribution is 5.94. The Bertz CT molecular complexity index is 783. The molecule has 35 heavy (non-hydrogen) atoms. The number of rotatable bonds is 16. The molecule has 5 atom stereocenters. The molecule has 0 spiro atoms. The molecule has 15 heteroatoms. The normalized spacial score (nSPS) is 15.1. The van der Waals surface area contributed by atoms with Crippen molar-refractivity contribution >= 4 is 35.6 Å². The average Bonchev–Trinajstić information content (AvgIpc) is 2.74. The van der Waals surface area contributed by atoms with Crippen molar-refractivity contribution in [2.45, 2.75) is 76.7 Å². The molecule has 3 amide bonds. The summed E-state index contributed by atoms with van der Waals surface area (Å²) in [5.41, 5.74) is 16.3. The summed E-state index contributed by atoms with van der Waals surface area (Å²) in [6, 6.07) is -5.21. The number of guanidine groups is 1. The van der Waals surface area contributed by atoms with E-state index in [9.17, 15) is 29.1 Å². The number of amides is 3. The van der Waals surface area contributed by atoms with Crippen LogP contribution in [0.2, 0.25) is 0 Å². The molecular weight excluding hydrogens is 466 g/mol. The number of nitrogens with two attached hydrogens (primary N) is 3. The maximum Gasteiger partial charge on any atom is 0.328 e. The molecule has 0 radical (unpaired) electrons. The Hall–Kier alpha value is -3.46. The minimum absolute atomic E-state index is 0.0934. The molecular formula is C20H37N7O8. The highest BCUT2D eigenvalue weighted by Crippen LogP contribution is 2.07. The fraction of sp³-hybridized carbons (Fsp3) is 0.700. The first-order chi connectivity index (χ1) is 16.2. The van der Waals surface area contributed by atoms with Crippen molar-refractivity contribution in [3.8, 4) is 0 Å². The van der Waals surface area contributed by atoms with Gasteiger partial charge in [-0.2, -0.15) is 0 Å². The number of carbonyl (C=O) groups is 5. The lowest BCUT2D eigenvalue weighted by molar-refractivity contribution is -0.145. The summed E-state index contributed by atoms with van der Waals surface area (Å²) in [6.45, 7) is 4.68. The monoisotopic (exact) mass is 503 g/mol. The smallest absolute Gasteiger partial charge is 0.328 e. The van der Waals surface area contributed by atoms with Gasteiger partial charge in [0.05, 0.1) is 12.1 Å². The summed E-state index contributed by atoms with van der Waals surface area (Å²) in [5, 5.41) is 34.6. The van der Waals surface area contributed by atoms with Gasteiger partial charge in [0.15, 0.2) is 12.0 Å². The summed E-state index contributed by atoms with van der Waals surface area (Å²) < 4.78 is 0. The minimum Gasteiger partial charge on any atom is -0.481 e. The second-order valence-corrected chi connectivity index (χ2v) is 8.34. The molecule has 0 aromatic rings. The molecule has 0 aromatic heterocycles. The first-order valence-electron chi connectivity index (χ1n) is 11.0. The Morgan fingerprint density at radius 2 is 1.43 bits per heavy atom. The van der Waals surface area contributed by atoms with Crippen molar-refractivity contribution < 1.29 is 39.3 Å². The highest BCUT2D eigenvalue weighted by Gasteiger charge is 2.33. The highest BCUT2D eigenvalue weighted by atomic mass is 16.4. The van der Waals surface area contributed by atoms with Crippen molar-refractivity contribution in [1.29, 1.82) is 0 Å². The van der Waals surface area contributed by atoms with E-state index in [1.807, 2.05) is 0 Å². The van der Waals surface area contributed by atoms with Crippen LogP contribution >= 0.6 is 0 Å². The number of aliphatic imine (C=N–C) groups is 1. The van der Waals surface area contributed by atoms with Gasteiger partial charge in [-0.05, 0) is 32.1 Å². The van der Waals surface area contributed by atoms with E-state index in [4.69, 9.17) is 27.4 Å². The Balaban J connectivity index is 5.37. The van der Waals surface area contributed by atoms with Crippen molar-refractivity contribution in [3.63, 3.8) is 0 Å². The molecule has 0 rings (SSSR count). The Labute approximate surface area is 202 Å². The van der Waals surface area contributed by atoms with Gasteiger partial charge in [-0.1, -0.05) is 13.8 Å². The lowest BCUT2D eigenvalue weighted by Crippen LogP contribution is -2.59. The van der Waals surface area contributed by atoms with Crippen LogP contribution in [-0.4, -0.2) is 87.8 Å². The third-order valence-electron chi connectivity index (χ3n) is 4.88. The predicted molar refractivity (Wildman–Crippen MR) is 125 cm³/mol. The maximum absolute atomic E-state index is 12.9. The van der Waals surface area contributed by atoms with Crippen molar-refractivity contribution in [2.75, 3.05) is 6.54 Å². The number of hydrogen-bond donors (Lipinski definition) is 9. The van der Waals surface area contributed by atoms with Crippen LogP contribution in [0.15, 0.2) is 4.99 Å². The largest absolute Gasteiger partial charge is 0.481 e. The number of hydrogen-bond acceptors (Lipinski definition) is 8. The van der Waals surface area contributed by atoms with Crippen LogP contribution in [0.25, 0.3) is 0 Å². The first kappa shape index (κ1) is 31.5. The first-order valence-corrected chi connectivity index (χ1v) is 11.0. The predicted octanol–water partition coefficient (Wildman–Crippen LogP) is -3.19. The molecule has 0 aliphatic heterocycles. The standard InChI is InChI=1S/C20H37N7O8/c1-9(2)14(26-16(31)11(21)5-4-8-24-20(22)23)18(33)25-12(6-7-13(29)30)17(32)27-15(10(3)28)19(34)35/h9-12,14-15,28H,4-8,21H2,1-3H3,(H,25,33)(H,26,31)(H,27,32)(H,29,30)(H,34,35)(H4,22,23,24). The number of carbonyl (C=O) groups excluding carboxylic acids is 3. The SMILES string of the molecule is CC(C)C(NC(=O)C(N)CCCN=C(N)N)C(=O)NC(CCC(=O)O)C(=O)NC(C(=O)O)C(C)O. The summed E-state index contributed by atoms with van der Waals surface area (Å²) >= 11 is 0. The molecule has 0 aromatic carbocycles. The number of aliphatic carboxylic acids is 2. The summed E-state index contributed by atoms with van der Waals surface area (Å²) in [4.78, 5) is 64.0. The molecule has 0 heterocycles.